The molecule has 0 saturated carbocycles. The van der Waals surface area contributed by atoms with Crippen LogP contribution in [0.3, 0.4) is 0 Å². The van der Waals surface area contributed by atoms with Crippen LogP contribution in [0.15, 0.2) is 11.6 Å². The van der Waals surface area contributed by atoms with Crippen LogP contribution in [0.25, 0.3) is 0 Å². The first kappa shape index (κ1) is 15.0. The van der Waals surface area contributed by atoms with Gasteiger partial charge in [-0.05, 0) is 47.1 Å². The van der Waals surface area contributed by atoms with Crippen LogP contribution in [-0.4, -0.2) is 54.6 Å². The highest BCUT2D eigenvalue weighted by Crippen LogP contribution is 2.26. The van der Waals surface area contributed by atoms with E-state index < -0.39 is 10.0 Å². The van der Waals surface area contributed by atoms with Crippen LogP contribution in [0.1, 0.15) is 40.5 Å². The van der Waals surface area contributed by atoms with Gasteiger partial charge in [0.1, 0.15) is 0 Å². The first-order valence-corrected chi connectivity index (χ1v) is 8.74. The van der Waals surface area contributed by atoms with E-state index in [-0.39, 0.29) is 11.3 Å². The first-order chi connectivity index (χ1) is 8.82. The van der Waals surface area contributed by atoms with Gasteiger partial charge in [-0.2, -0.15) is 4.31 Å². The van der Waals surface area contributed by atoms with Gasteiger partial charge in [0.2, 0.25) is 10.0 Å². The SMILES string of the molecule is CC1=CC(C)N(S(=O)(=O)C2CCN(C(C)C)C2)CC1. The molecule has 0 N–H and O–H groups in total. The lowest BCUT2D eigenvalue weighted by Gasteiger charge is -2.33. The second kappa shape index (κ2) is 5.54. The van der Waals surface area contributed by atoms with Crippen molar-refractivity contribution in [2.75, 3.05) is 19.6 Å². The van der Waals surface area contributed by atoms with E-state index in [1.165, 1.54) is 5.57 Å². The summed E-state index contributed by atoms with van der Waals surface area (Å²) < 4.78 is 27.2. The van der Waals surface area contributed by atoms with Crippen molar-refractivity contribution in [2.45, 2.75) is 57.9 Å². The molecule has 1 fully saturated rings. The van der Waals surface area contributed by atoms with Gasteiger partial charge in [-0.1, -0.05) is 11.6 Å². The fraction of sp³-hybridized carbons (Fsp3) is 0.857. The second-order valence-electron chi connectivity index (χ2n) is 6.16. The molecule has 0 amide bonds. The third-order valence-corrected chi connectivity index (χ3v) is 6.76. The van der Waals surface area contributed by atoms with Gasteiger partial charge in [0.05, 0.1) is 5.25 Å². The fourth-order valence-electron chi connectivity index (χ4n) is 3.08. The number of rotatable bonds is 3. The lowest BCUT2D eigenvalue weighted by molar-refractivity contribution is 0.275. The maximum atomic E-state index is 12.7. The summed E-state index contributed by atoms with van der Waals surface area (Å²) in [5.74, 6) is 0. The molecule has 0 spiro atoms. The standard InChI is InChI=1S/C14H26N2O2S/c1-11(2)15-7-6-14(10-15)19(17,18)16-8-5-12(3)9-13(16)4/h9,11,13-14H,5-8,10H2,1-4H3. The van der Waals surface area contributed by atoms with Crippen LogP contribution < -0.4 is 0 Å². The third-order valence-electron chi connectivity index (χ3n) is 4.36. The zero-order valence-corrected chi connectivity index (χ0v) is 13.3. The van der Waals surface area contributed by atoms with Crippen molar-refractivity contribution >= 4 is 10.0 Å². The maximum absolute atomic E-state index is 12.7. The molecular formula is C14H26N2O2S. The monoisotopic (exact) mass is 286 g/mol. The molecule has 0 radical (unpaired) electrons. The summed E-state index contributed by atoms with van der Waals surface area (Å²) in [4.78, 5) is 2.26. The minimum atomic E-state index is -3.15. The number of hydrogen-bond donors (Lipinski definition) is 0. The van der Waals surface area contributed by atoms with Gasteiger partial charge >= 0.3 is 0 Å². The Hall–Kier alpha value is -0.390. The van der Waals surface area contributed by atoms with Crippen LogP contribution in [0.2, 0.25) is 0 Å². The summed E-state index contributed by atoms with van der Waals surface area (Å²) in [6, 6.07) is 0.438. The molecule has 2 aliphatic rings. The third kappa shape index (κ3) is 3.03. The molecule has 0 aliphatic carbocycles. The van der Waals surface area contributed by atoms with E-state index in [2.05, 4.69) is 31.7 Å². The predicted octanol–water partition coefficient (Wildman–Crippen LogP) is 1.84. The summed E-state index contributed by atoms with van der Waals surface area (Å²) in [6.45, 7) is 10.6. The van der Waals surface area contributed by atoms with Gasteiger partial charge in [-0.3, -0.25) is 4.90 Å². The molecule has 110 valence electrons. The van der Waals surface area contributed by atoms with Gasteiger partial charge in [-0.25, -0.2) is 8.42 Å². The van der Waals surface area contributed by atoms with Crippen LogP contribution in [0.5, 0.6) is 0 Å². The zero-order chi connectivity index (χ0) is 14.2. The predicted molar refractivity (Wildman–Crippen MR) is 78.6 cm³/mol. The molecule has 0 aromatic carbocycles. The fourth-order valence-corrected chi connectivity index (χ4v) is 5.12. The van der Waals surface area contributed by atoms with Crippen molar-refractivity contribution in [3.63, 3.8) is 0 Å². The lowest BCUT2D eigenvalue weighted by Crippen LogP contribution is -2.46. The number of nitrogens with zero attached hydrogens (tertiary/aromatic N) is 2. The summed E-state index contributed by atoms with van der Waals surface area (Å²) in [5.41, 5.74) is 1.30. The molecule has 0 aromatic heterocycles. The number of likely N-dealkylation sites (tertiary alicyclic amines) is 1. The lowest BCUT2D eigenvalue weighted by atomic mass is 10.1. The van der Waals surface area contributed by atoms with Gasteiger partial charge in [-0.15, -0.1) is 0 Å². The minimum Gasteiger partial charge on any atom is -0.300 e. The minimum absolute atomic E-state index is 0.00634. The van der Waals surface area contributed by atoms with E-state index in [9.17, 15) is 8.42 Å². The van der Waals surface area contributed by atoms with Crippen LogP contribution in [0, 0.1) is 0 Å². The Morgan fingerprint density at radius 1 is 1.32 bits per heavy atom. The molecule has 2 unspecified atom stereocenters. The Balaban J connectivity index is 2.11. The second-order valence-corrected chi connectivity index (χ2v) is 8.32. The van der Waals surface area contributed by atoms with Crippen LogP contribution in [0.4, 0.5) is 0 Å². The smallest absolute Gasteiger partial charge is 0.218 e. The van der Waals surface area contributed by atoms with E-state index in [1.807, 2.05) is 6.92 Å². The average Bonchev–Trinajstić information content (AvgIpc) is 2.78. The van der Waals surface area contributed by atoms with Crippen LogP contribution >= 0.6 is 0 Å². The molecule has 5 heteroatoms. The van der Waals surface area contributed by atoms with Crippen molar-refractivity contribution in [1.82, 2.24) is 9.21 Å². The van der Waals surface area contributed by atoms with E-state index in [0.717, 1.165) is 19.4 Å². The molecule has 2 aliphatic heterocycles. The topological polar surface area (TPSA) is 40.6 Å². The van der Waals surface area contributed by atoms with Gasteiger partial charge < -0.3 is 0 Å². The van der Waals surface area contributed by atoms with E-state index in [0.29, 0.717) is 19.1 Å². The number of sulfonamides is 1. The molecule has 19 heavy (non-hydrogen) atoms. The normalized spacial score (nSPS) is 30.9. The van der Waals surface area contributed by atoms with E-state index >= 15 is 0 Å². The Bertz CT molecular complexity index is 456. The van der Waals surface area contributed by atoms with E-state index in [4.69, 9.17) is 0 Å². The molecule has 2 heterocycles. The molecule has 1 saturated heterocycles. The van der Waals surface area contributed by atoms with Crippen molar-refractivity contribution in [3.05, 3.63) is 11.6 Å². The summed E-state index contributed by atoms with van der Waals surface area (Å²) >= 11 is 0. The van der Waals surface area contributed by atoms with Gasteiger partial charge in [0, 0.05) is 25.2 Å². The molecule has 0 bridgehead atoms. The van der Waals surface area contributed by atoms with Crippen molar-refractivity contribution in [1.29, 1.82) is 0 Å². The largest absolute Gasteiger partial charge is 0.300 e. The molecule has 2 rings (SSSR count). The van der Waals surface area contributed by atoms with Crippen molar-refractivity contribution in [2.24, 2.45) is 0 Å². The highest BCUT2D eigenvalue weighted by Gasteiger charge is 2.39. The maximum Gasteiger partial charge on any atom is 0.218 e. The Morgan fingerprint density at radius 3 is 2.53 bits per heavy atom. The molecule has 0 aromatic rings. The van der Waals surface area contributed by atoms with Crippen molar-refractivity contribution in [3.8, 4) is 0 Å². The molecule has 4 nitrogen and oxygen atoms in total. The molecule has 2 atom stereocenters. The highest BCUT2D eigenvalue weighted by atomic mass is 32.2. The Labute approximate surface area is 117 Å². The van der Waals surface area contributed by atoms with E-state index in [1.54, 1.807) is 4.31 Å². The summed E-state index contributed by atoms with van der Waals surface area (Å²) in [5, 5.41) is -0.218. The summed E-state index contributed by atoms with van der Waals surface area (Å²) in [6.07, 6.45) is 3.72. The molecular weight excluding hydrogens is 260 g/mol. The first-order valence-electron chi connectivity index (χ1n) is 7.24. The van der Waals surface area contributed by atoms with Gasteiger partial charge in [0.15, 0.2) is 0 Å². The van der Waals surface area contributed by atoms with Gasteiger partial charge in [0.25, 0.3) is 0 Å². The Morgan fingerprint density at radius 2 is 2.00 bits per heavy atom. The van der Waals surface area contributed by atoms with Crippen molar-refractivity contribution < 1.29 is 8.42 Å². The summed E-state index contributed by atoms with van der Waals surface area (Å²) in [7, 11) is -3.15. The highest BCUT2D eigenvalue weighted by molar-refractivity contribution is 7.89. The number of hydrogen-bond acceptors (Lipinski definition) is 3. The van der Waals surface area contributed by atoms with Crippen LogP contribution in [-0.2, 0) is 10.0 Å². The quantitative estimate of drug-likeness (QED) is 0.743. The Kier molecular flexibility index (Phi) is 4.38. The zero-order valence-electron chi connectivity index (χ0n) is 12.5. The average molecular weight is 286 g/mol.